The van der Waals surface area contributed by atoms with Crippen LogP contribution in [0.25, 0.3) is 63.3 Å². The van der Waals surface area contributed by atoms with Gasteiger partial charge in [-0.05, 0) is 200 Å². The first kappa shape index (κ1) is 63.2. The minimum atomic E-state index is -0.786. The number of fused-ring (bicyclic) bond motifs is 6. The van der Waals surface area contributed by atoms with E-state index in [0.717, 1.165) is 83.0 Å². The molecule has 0 atom stereocenters. The van der Waals surface area contributed by atoms with Gasteiger partial charge in [-0.15, -0.1) is 22.7 Å². The summed E-state index contributed by atoms with van der Waals surface area (Å²) in [7, 11) is 0. The van der Waals surface area contributed by atoms with Crippen molar-refractivity contribution in [3.05, 3.63) is 271 Å². The van der Waals surface area contributed by atoms with E-state index >= 15 is 0 Å². The van der Waals surface area contributed by atoms with Crippen LogP contribution in [0, 0.1) is 0 Å². The van der Waals surface area contributed by atoms with Gasteiger partial charge in [0.2, 0.25) is 0 Å². The van der Waals surface area contributed by atoms with Gasteiger partial charge in [-0.1, -0.05) is 238 Å². The van der Waals surface area contributed by atoms with E-state index in [9.17, 15) is 19.2 Å². The number of rotatable bonds is 26. The molecule has 0 spiro atoms. The van der Waals surface area contributed by atoms with E-state index in [1.165, 1.54) is 165 Å². The SMILES string of the molecule is CCCCCCc1ccc(C2(c3ccc(CCCCCC)cc3)c3cc4c(cc3-c3sc(-c5ccc6c7c(cccc57)C(=O)NC6=O)cc32)C(c2ccc(CCCCCC)cc2)(c2ccc(CCCCCC)cc2)c2cc(-c3ccc5c6c(cccc36)C(=O)NC5=O)sc2-4)cc1. The summed E-state index contributed by atoms with van der Waals surface area (Å²) in [4.78, 5) is 59.1. The van der Waals surface area contributed by atoms with Crippen LogP contribution in [0.2, 0.25) is 0 Å². The average molecular weight is 1300 g/mol. The molecule has 0 unspecified atom stereocenters. The van der Waals surface area contributed by atoms with Crippen molar-refractivity contribution >= 4 is 67.8 Å². The monoisotopic (exact) mass is 1300 g/mol. The molecular formula is C88H84N2O4S2. The molecular weight excluding hydrogens is 1210 g/mol. The van der Waals surface area contributed by atoms with Crippen molar-refractivity contribution in [2.75, 3.05) is 0 Å². The summed E-state index contributed by atoms with van der Waals surface area (Å²) in [6.45, 7) is 9.11. The third-order valence-electron chi connectivity index (χ3n) is 21.6. The lowest BCUT2D eigenvalue weighted by Crippen LogP contribution is -2.34. The maximum atomic E-state index is 13.6. The molecule has 2 N–H and O–H groups in total. The number of unbranched alkanes of at least 4 members (excludes halogenated alkanes) is 12. The molecule has 0 bridgehead atoms. The van der Waals surface area contributed by atoms with Crippen molar-refractivity contribution in [3.63, 3.8) is 0 Å². The Morgan fingerprint density at radius 2 is 0.583 bits per heavy atom. The van der Waals surface area contributed by atoms with Gasteiger partial charge in [0.15, 0.2) is 0 Å². The quantitative estimate of drug-likeness (QED) is 0.0417. The van der Waals surface area contributed by atoms with E-state index in [2.05, 4.69) is 184 Å². The number of carbonyl (C=O) groups is 4. The maximum Gasteiger partial charge on any atom is 0.258 e. The highest BCUT2D eigenvalue weighted by Crippen LogP contribution is 2.66. The summed E-state index contributed by atoms with van der Waals surface area (Å²) in [6, 6.07) is 68.5. The van der Waals surface area contributed by atoms with Crippen LogP contribution >= 0.6 is 22.7 Å². The number of nitrogens with one attached hydrogen (secondary N) is 2. The molecule has 9 aromatic carbocycles. The number of carbonyl (C=O) groups excluding carboxylic acids is 4. The Hall–Kier alpha value is -8.82. The largest absolute Gasteiger partial charge is 0.288 e. The molecule has 96 heavy (non-hydrogen) atoms. The van der Waals surface area contributed by atoms with Gasteiger partial charge in [-0.3, -0.25) is 29.8 Å². The Bertz CT molecular complexity index is 4380. The van der Waals surface area contributed by atoms with Crippen LogP contribution in [0.5, 0.6) is 0 Å². The van der Waals surface area contributed by atoms with Crippen LogP contribution in [0.4, 0.5) is 0 Å². The van der Waals surface area contributed by atoms with E-state index in [1.807, 2.05) is 59.1 Å². The molecule has 2 aromatic heterocycles. The highest BCUT2D eigenvalue weighted by molar-refractivity contribution is 7.19. The first-order chi connectivity index (χ1) is 47.1. The molecule has 4 amide bonds. The number of hydrogen-bond acceptors (Lipinski definition) is 6. The molecule has 4 aliphatic rings. The maximum absolute atomic E-state index is 13.6. The van der Waals surface area contributed by atoms with Crippen LogP contribution in [-0.4, -0.2) is 23.6 Å². The highest BCUT2D eigenvalue weighted by atomic mass is 32.1. The van der Waals surface area contributed by atoms with Crippen molar-refractivity contribution in [2.45, 2.75) is 167 Å². The topological polar surface area (TPSA) is 92.3 Å². The molecule has 0 fully saturated rings. The molecule has 11 aromatic rings. The Morgan fingerprint density at radius 1 is 0.292 bits per heavy atom. The molecule has 2 aliphatic carbocycles. The Kier molecular flexibility index (Phi) is 17.6. The Morgan fingerprint density at radius 3 is 0.885 bits per heavy atom. The summed E-state index contributed by atoms with van der Waals surface area (Å²) in [5, 5.41) is 8.38. The van der Waals surface area contributed by atoms with E-state index in [4.69, 9.17) is 0 Å². The molecule has 0 radical (unpaired) electrons. The van der Waals surface area contributed by atoms with Crippen LogP contribution in [-0.2, 0) is 36.5 Å². The zero-order valence-electron chi connectivity index (χ0n) is 55.9. The number of benzene rings is 9. The lowest BCUT2D eigenvalue weighted by molar-refractivity contribution is 0.0828. The minimum absolute atomic E-state index is 0.369. The molecule has 0 saturated heterocycles. The summed E-state index contributed by atoms with van der Waals surface area (Å²) >= 11 is 3.65. The van der Waals surface area contributed by atoms with E-state index in [0.29, 0.717) is 33.0 Å². The number of amides is 4. The fraction of sp³-hybridized carbons (Fsp3) is 0.295. The van der Waals surface area contributed by atoms with Crippen molar-refractivity contribution in [1.82, 2.24) is 10.6 Å². The average Bonchev–Trinajstić information content (AvgIpc) is 1.50. The van der Waals surface area contributed by atoms with Gasteiger partial charge in [-0.25, -0.2) is 0 Å². The zero-order chi connectivity index (χ0) is 65.7. The van der Waals surface area contributed by atoms with Crippen molar-refractivity contribution in [3.8, 4) is 41.8 Å². The van der Waals surface area contributed by atoms with Gasteiger partial charge < -0.3 is 0 Å². The lowest BCUT2D eigenvalue weighted by atomic mass is 9.65. The second-order valence-corrected chi connectivity index (χ2v) is 29.6. The highest BCUT2D eigenvalue weighted by Gasteiger charge is 2.53. The lowest BCUT2D eigenvalue weighted by Gasteiger charge is -2.36. The Balaban J connectivity index is 1.02. The van der Waals surface area contributed by atoms with Gasteiger partial charge >= 0.3 is 0 Å². The molecule has 15 rings (SSSR count). The predicted molar refractivity (Wildman–Crippen MR) is 398 cm³/mol. The number of aryl methyl sites for hydroxylation is 4. The summed E-state index contributed by atoms with van der Waals surface area (Å²) in [5.74, 6) is -1.48. The van der Waals surface area contributed by atoms with Crippen LogP contribution in [0.1, 0.15) is 239 Å². The third kappa shape index (κ3) is 10.7. The van der Waals surface area contributed by atoms with Gasteiger partial charge in [-0.2, -0.15) is 0 Å². The fourth-order valence-electron chi connectivity index (χ4n) is 16.7. The van der Waals surface area contributed by atoms with Gasteiger partial charge in [0, 0.05) is 52.5 Å². The molecule has 482 valence electrons. The van der Waals surface area contributed by atoms with Crippen LogP contribution < -0.4 is 10.6 Å². The molecule has 2 aliphatic heterocycles. The fourth-order valence-corrected chi connectivity index (χ4v) is 19.2. The molecule has 6 nitrogen and oxygen atoms in total. The smallest absolute Gasteiger partial charge is 0.258 e. The predicted octanol–water partition coefficient (Wildman–Crippen LogP) is 22.4. The molecule has 8 heteroatoms. The number of hydrogen-bond donors (Lipinski definition) is 2. The van der Waals surface area contributed by atoms with Gasteiger partial charge in [0.1, 0.15) is 0 Å². The van der Waals surface area contributed by atoms with Crippen molar-refractivity contribution < 1.29 is 19.2 Å². The van der Waals surface area contributed by atoms with Crippen LogP contribution in [0.3, 0.4) is 0 Å². The number of thiophene rings is 2. The van der Waals surface area contributed by atoms with E-state index in [-0.39, 0.29) is 23.6 Å². The number of imide groups is 2. The van der Waals surface area contributed by atoms with E-state index < -0.39 is 10.8 Å². The van der Waals surface area contributed by atoms with Crippen LogP contribution in [0.15, 0.2) is 182 Å². The molecule has 4 heterocycles. The second kappa shape index (κ2) is 26.6. The standard InChI is InChI=1S/C88H84N2O4S2/c1-5-9-13-17-23-55-31-39-59(40-32-55)87(60-41-33-56(34-42-60)24-18-14-10-6-2)73-51-72-74(52-71(73)81-75(87)53-77(95-81)63-47-49-69-79-65(63)27-21-29-67(79)83(91)89-85(69)93)88(61-43-35-57(36-44-61)25-19-15-11-7-3,62-45-37-58(38-46-62)26-20-16-12-8-4)76-54-78(96-82(72)76)64-48-50-70-80-66(64)28-22-30-68(80)84(92)90-86(70)94/h21-22,27-54H,5-20,23-26H2,1-4H3,(H,89,91,93)(H,90,92,94). The van der Waals surface area contributed by atoms with Crippen molar-refractivity contribution in [2.24, 2.45) is 0 Å². The second-order valence-electron chi connectivity index (χ2n) is 27.5. The zero-order valence-corrected chi connectivity index (χ0v) is 57.5. The van der Waals surface area contributed by atoms with E-state index in [1.54, 1.807) is 0 Å². The first-order valence-electron chi connectivity index (χ1n) is 35.8. The summed E-state index contributed by atoms with van der Waals surface area (Å²) < 4.78 is 0. The third-order valence-corrected chi connectivity index (χ3v) is 24.0. The summed E-state index contributed by atoms with van der Waals surface area (Å²) in [5.41, 5.74) is 20.0. The summed E-state index contributed by atoms with van der Waals surface area (Å²) in [6.07, 6.45) is 23.3. The Labute approximate surface area is 573 Å². The van der Waals surface area contributed by atoms with Gasteiger partial charge in [0.05, 0.1) is 10.8 Å². The normalized spacial score (nSPS) is 14.5. The first-order valence-corrected chi connectivity index (χ1v) is 37.4. The van der Waals surface area contributed by atoms with Crippen molar-refractivity contribution in [1.29, 1.82) is 0 Å². The molecule has 0 saturated carbocycles. The minimum Gasteiger partial charge on any atom is -0.288 e. The van der Waals surface area contributed by atoms with Gasteiger partial charge in [0.25, 0.3) is 23.6 Å².